The van der Waals surface area contributed by atoms with Crippen LogP contribution >= 0.6 is 0 Å². The van der Waals surface area contributed by atoms with Crippen LogP contribution in [0.5, 0.6) is 0 Å². The molecule has 2 aromatic rings. The molecule has 2 aliphatic heterocycles. The van der Waals surface area contributed by atoms with E-state index in [9.17, 15) is 9.59 Å². The van der Waals surface area contributed by atoms with E-state index in [0.29, 0.717) is 24.0 Å². The molecule has 1 atom stereocenters. The zero-order chi connectivity index (χ0) is 24.6. The zero-order valence-electron chi connectivity index (χ0n) is 21.2. The predicted molar refractivity (Wildman–Crippen MR) is 140 cm³/mol. The second kappa shape index (κ2) is 12.3. The number of aromatic nitrogens is 1. The van der Waals surface area contributed by atoms with Gasteiger partial charge in [0.25, 0.3) is 0 Å². The van der Waals surface area contributed by atoms with Gasteiger partial charge in [-0.25, -0.2) is 14.7 Å². The van der Waals surface area contributed by atoms with Crippen molar-refractivity contribution in [2.75, 3.05) is 44.2 Å². The van der Waals surface area contributed by atoms with Crippen molar-refractivity contribution >= 4 is 23.3 Å². The van der Waals surface area contributed by atoms with E-state index < -0.39 is 0 Å². The van der Waals surface area contributed by atoms with Crippen molar-refractivity contribution in [1.29, 1.82) is 0 Å². The Morgan fingerprint density at radius 1 is 1.11 bits per heavy atom. The molecule has 0 spiro atoms. The van der Waals surface area contributed by atoms with Crippen LogP contribution in [0.25, 0.3) is 0 Å². The summed E-state index contributed by atoms with van der Waals surface area (Å²) in [6.45, 7) is 10.4. The number of piperidine rings is 1. The van der Waals surface area contributed by atoms with Crippen molar-refractivity contribution in [3.8, 4) is 0 Å². The largest absolute Gasteiger partial charge is 0.336 e. The molecule has 1 fully saturated rings. The van der Waals surface area contributed by atoms with Crippen LogP contribution in [0.1, 0.15) is 61.9 Å². The fourth-order valence-corrected chi connectivity index (χ4v) is 5.43. The molecule has 0 aliphatic carbocycles. The number of amides is 2. The summed E-state index contributed by atoms with van der Waals surface area (Å²) in [5, 5.41) is 3.13. The van der Waals surface area contributed by atoms with E-state index in [0.717, 1.165) is 44.0 Å². The van der Waals surface area contributed by atoms with Crippen LogP contribution in [-0.4, -0.2) is 71.9 Å². The first-order valence-corrected chi connectivity index (χ1v) is 13.2. The number of carbonyl (C=O) groups is 2. The SMILES string of the molecule is CCCN(CCC)CC1CCCCN1CCNC(=O)N1c2ccccc2CC(=O)c2cccnc21. The highest BCUT2D eigenvalue weighted by Gasteiger charge is 2.30. The number of benzene rings is 1. The summed E-state index contributed by atoms with van der Waals surface area (Å²) in [7, 11) is 0. The third-order valence-corrected chi connectivity index (χ3v) is 7.06. The van der Waals surface area contributed by atoms with Crippen molar-refractivity contribution in [2.24, 2.45) is 0 Å². The van der Waals surface area contributed by atoms with Gasteiger partial charge in [0.15, 0.2) is 11.6 Å². The highest BCUT2D eigenvalue weighted by atomic mass is 16.2. The van der Waals surface area contributed by atoms with Gasteiger partial charge >= 0.3 is 6.03 Å². The molecule has 7 heteroatoms. The summed E-state index contributed by atoms with van der Waals surface area (Å²) >= 11 is 0. The molecule has 35 heavy (non-hydrogen) atoms. The van der Waals surface area contributed by atoms with Crippen LogP contribution in [0.4, 0.5) is 16.3 Å². The number of fused-ring (bicyclic) bond motifs is 2. The zero-order valence-corrected chi connectivity index (χ0v) is 21.2. The Bertz CT molecular complexity index is 1000. The number of Topliss-reactive ketones (excluding diaryl/α,β-unsaturated/α-hetero) is 1. The van der Waals surface area contributed by atoms with Gasteiger partial charge in [0.05, 0.1) is 11.3 Å². The summed E-state index contributed by atoms with van der Waals surface area (Å²) < 4.78 is 0. The fourth-order valence-electron chi connectivity index (χ4n) is 5.43. The molecule has 1 aromatic heterocycles. The van der Waals surface area contributed by atoms with Crippen molar-refractivity contribution in [2.45, 2.75) is 58.4 Å². The number of hydrogen-bond acceptors (Lipinski definition) is 5. The number of carbonyl (C=O) groups excluding carboxylic acids is 2. The van der Waals surface area contributed by atoms with Gasteiger partial charge in [-0.05, 0) is 69.1 Å². The minimum absolute atomic E-state index is 0.0179. The molecule has 1 saturated heterocycles. The molecule has 2 amide bonds. The summed E-state index contributed by atoms with van der Waals surface area (Å²) in [6, 6.07) is 11.4. The first-order valence-electron chi connectivity index (χ1n) is 13.2. The minimum atomic E-state index is -0.237. The van der Waals surface area contributed by atoms with Crippen LogP contribution in [0.15, 0.2) is 42.6 Å². The van der Waals surface area contributed by atoms with Crippen molar-refractivity contribution in [3.63, 3.8) is 0 Å². The lowest BCUT2D eigenvalue weighted by Crippen LogP contribution is -2.50. The van der Waals surface area contributed by atoms with Crippen LogP contribution in [0, 0.1) is 0 Å². The first kappa shape index (κ1) is 25.3. The smallest absolute Gasteiger partial charge is 0.327 e. The topological polar surface area (TPSA) is 68.8 Å². The second-order valence-electron chi connectivity index (χ2n) is 9.66. The maximum atomic E-state index is 13.5. The van der Waals surface area contributed by atoms with Gasteiger partial charge in [-0.3, -0.25) is 9.69 Å². The highest BCUT2D eigenvalue weighted by molar-refractivity contribution is 6.11. The number of likely N-dealkylation sites (tertiary alicyclic amines) is 1. The molecule has 0 bridgehead atoms. The van der Waals surface area contributed by atoms with E-state index in [1.807, 2.05) is 24.3 Å². The Labute approximate surface area is 209 Å². The van der Waals surface area contributed by atoms with Gasteiger partial charge in [0.1, 0.15) is 0 Å². The third-order valence-electron chi connectivity index (χ3n) is 7.06. The van der Waals surface area contributed by atoms with Crippen LogP contribution in [-0.2, 0) is 6.42 Å². The van der Waals surface area contributed by atoms with Crippen LogP contribution < -0.4 is 10.2 Å². The van der Waals surface area contributed by atoms with E-state index in [1.165, 1.54) is 32.1 Å². The first-order chi connectivity index (χ1) is 17.1. The van der Waals surface area contributed by atoms with E-state index in [2.05, 4.69) is 33.9 Å². The molecule has 1 unspecified atom stereocenters. The Hall–Kier alpha value is -2.77. The van der Waals surface area contributed by atoms with Gasteiger partial charge < -0.3 is 10.2 Å². The maximum absolute atomic E-state index is 13.5. The molecule has 1 aromatic carbocycles. The fraction of sp³-hybridized carbons (Fsp3) is 0.536. The molecule has 0 radical (unpaired) electrons. The number of para-hydroxylation sites is 1. The Balaban J connectivity index is 1.44. The molecule has 2 aliphatic rings. The van der Waals surface area contributed by atoms with E-state index >= 15 is 0 Å². The van der Waals surface area contributed by atoms with Gasteiger partial charge in [-0.2, -0.15) is 0 Å². The van der Waals surface area contributed by atoms with Crippen LogP contribution in [0.2, 0.25) is 0 Å². The quantitative estimate of drug-likeness (QED) is 0.570. The van der Waals surface area contributed by atoms with Gasteiger partial charge in [0, 0.05) is 38.3 Å². The summed E-state index contributed by atoms with van der Waals surface area (Å²) in [5.74, 6) is 0.390. The molecule has 3 heterocycles. The van der Waals surface area contributed by atoms with E-state index in [4.69, 9.17) is 0 Å². The monoisotopic (exact) mass is 477 g/mol. The number of anilines is 2. The molecule has 188 valence electrons. The average Bonchev–Trinajstić information content (AvgIpc) is 2.99. The molecule has 4 rings (SSSR count). The lowest BCUT2D eigenvalue weighted by Gasteiger charge is -2.39. The Morgan fingerprint density at radius 2 is 1.91 bits per heavy atom. The molecule has 1 N–H and O–H groups in total. The van der Waals surface area contributed by atoms with E-state index in [1.54, 1.807) is 23.2 Å². The molecular formula is C28H39N5O2. The molecule has 7 nitrogen and oxygen atoms in total. The van der Waals surface area contributed by atoms with Crippen molar-refractivity contribution < 1.29 is 9.59 Å². The van der Waals surface area contributed by atoms with Gasteiger partial charge in [-0.1, -0.05) is 38.5 Å². The number of rotatable bonds is 9. The summed E-state index contributed by atoms with van der Waals surface area (Å²) in [5.41, 5.74) is 2.05. The van der Waals surface area contributed by atoms with Gasteiger partial charge in [0.2, 0.25) is 0 Å². The second-order valence-corrected chi connectivity index (χ2v) is 9.66. The van der Waals surface area contributed by atoms with Crippen molar-refractivity contribution in [3.05, 3.63) is 53.7 Å². The average molecular weight is 478 g/mol. The lowest BCUT2D eigenvalue weighted by molar-refractivity contribution is 0.0994. The summed E-state index contributed by atoms with van der Waals surface area (Å²) in [4.78, 5) is 37.5. The highest BCUT2D eigenvalue weighted by Crippen LogP contribution is 2.34. The number of hydrogen-bond donors (Lipinski definition) is 1. The van der Waals surface area contributed by atoms with Gasteiger partial charge in [-0.15, -0.1) is 0 Å². The third kappa shape index (κ3) is 6.08. The lowest BCUT2D eigenvalue weighted by atomic mass is 10.0. The Kier molecular flexibility index (Phi) is 8.88. The predicted octanol–water partition coefficient (Wildman–Crippen LogP) is 4.64. The number of nitrogens with one attached hydrogen (secondary N) is 1. The summed E-state index contributed by atoms with van der Waals surface area (Å²) in [6.07, 6.45) is 7.97. The normalized spacial score (nSPS) is 18.2. The number of nitrogens with zero attached hydrogens (tertiary/aromatic N) is 4. The maximum Gasteiger partial charge on any atom is 0.327 e. The van der Waals surface area contributed by atoms with E-state index in [-0.39, 0.29) is 18.2 Å². The standard InChI is InChI=1S/C28H39N5O2/c1-3-16-31(17-4-2)21-23-11-7-8-18-32(23)19-15-30-28(35)33-25-13-6-5-10-22(25)20-26(34)24-12-9-14-29-27(24)33/h5-6,9-10,12-14,23H,3-4,7-8,11,15-21H2,1-2H3,(H,30,35). The molecule has 0 saturated carbocycles. The molecular weight excluding hydrogens is 438 g/mol. The van der Waals surface area contributed by atoms with Crippen LogP contribution in [0.3, 0.4) is 0 Å². The van der Waals surface area contributed by atoms with Crippen molar-refractivity contribution in [1.82, 2.24) is 20.1 Å². The number of urea groups is 1. The number of ketones is 1. The number of pyridine rings is 1. The minimum Gasteiger partial charge on any atom is -0.336 e. The Morgan fingerprint density at radius 3 is 2.71 bits per heavy atom.